The number of hydrogen-bond acceptors (Lipinski definition) is 4. The number of aliphatic carboxylic acids is 1. The van der Waals surface area contributed by atoms with Gasteiger partial charge in [-0.1, -0.05) is 37.1 Å². The Balaban J connectivity index is 1.29. The van der Waals surface area contributed by atoms with Crippen LogP contribution in [0, 0.1) is 28.6 Å². The minimum Gasteiger partial charge on any atom is -0.481 e. The van der Waals surface area contributed by atoms with Crippen LogP contribution in [0.1, 0.15) is 111 Å². The zero-order chi connectivity index (χ0) is 25.6. The number of fused-ring (bicyclic) bond motifs is 5. The average molecular weight is 500 g/mol. The molecule has 5 rings (SSSR count). The van der Waals surface area contributed by atoms with Gasteiger partial charge < -0.3 is 20.3 Å². The van der Waals surface area contributed by atoms with Crippen LogP contribution >= 0.6 is 0 Å². The SMILES string of the molecule is C/C(=C\CCCC(=O)O)C1CCC2C1(C)CCC1C3(C)CCC(OC4CCCCO4)CC3=CCC12N. The van der Waals surface area contributed by atoms with E-state index < -0.39 is 5.97 Å². The standard InChI is InChI=1S/C31H49NO4/c1-21(8-4-5-9-27(33)34)24-11-12-25-30(24,3)17-15-26-29(2)16-14-23(36-28-10-6-7-19-35-28)20-22(29)13-18-31(25,26)32/h8,13,23-26,28H,4-7,9-12,14-20,32H2,1-3H3,(H,33,34)/b21-8+. The van der Waals surface area contributed by atoms with E-state index in [1.807, 2.05) is 0 Å². The molecule has 4 fully saturated rings. The summed E-state index contributed by atoms with van der Waals surface area (Å²) >= 11 is 0. The first-order valence-corrected chi connectivity index (χ1v) is 14.8. The molecule has 3 saturated carbocycles. The fraction of sp³-hybridized carbons (Fsp3) is 0.839. The molecule has 1 saturated heterocycles. The van der Waals surface area contributed by atoms with Crippen molar-refractivity contribution in [2.75, 3.05) is 6.61 Å². The molecule has 8 unspecified atom stereocenters. The Morgan fingerprint density at radius 2 is 2.00 bits per heavy atom. The third-order valence-electron chi connectivity index (χ3n) is 11.3. The number of hydrogen-bond donors (Lipinski definition) is 2. The van der Waals surface area contributed by atoms with Crippen molar-refractivity contribution in [3.63, 3.8) is 0 Å². The molecule has 0 aromatic heterocycles. The predicted octanol–water partition coefficient (Wildman–Crippen LogP) is 6.76. The normalized spacial score (nSPS) is 44.8. The maximum Gasteiger partial charge on any atom is 0.303 e. The number of allylic oxidation sites excluding steroid dienone is 2. The third-order valence-corrected chi connectivity index (χ3v) is 11.3. The highest BCUT2D eigenvalue weighted by Crippen LogP contribution is 2.67. The summed E-state index contributed by atoms with van der Waals surface area (Å²) in [4.78, 5) is 10.9. The number of ether oxygens (including phenoxy) is 2. The number of unbranched alkanes of at least 4 members (excludes halogenated alkanes) is 1. The van der Waals surface area contributed by atoms with Gasteiger partial charge >= 0.3 is 5.97 Å². The summed E-state index contributed by atoms with van der Waals surface area (Å²) < 4.78 is 12.3. The lowest BCUT2D eigenvalue weighted by atomic mass is 9.44. The van der Waals surface area contributed by atoms with Gasteiger partial charge in [0.15, 0.2) is 6.29 Å². The first-order valence-electron chi connectivity index (χ1n) is 14.8. The largest absolute Gasteiger partial charge is 0.481 e. The number of carboxylic acids is 1. The maximum absolute atomic E-state index is 10.9. The summed E-state index contributed by atoms with van der Waals surface area (Å²) in [5.74, 6) is 0.980. The number of carboxylic acid groups (broad SMARTS) is 1. The second-order valence-corrected chi connectivity index (χ2v) is 13.3. The fourth-order valence-electron chi connectivity index (χ4n) is 9.47. The molecule has 202 valence electrons. The lowest BCUT2D eigenvalue weighted by Crippen LogP contribution is -2.66. The first-order chi connectivity index (χ1) is 17.2. The second-order valence-electron chi connectivity index (χ2n) is 13.3. The smallest absolute Gasteiger partial charge is 0.303 e. The van der Waals surface area contributed by atoms with Crippen LogP contribution in [0.25, 0.3) is 0 Å². The summed E-state index contributed by atoms with van der Waals surface area (Å²) in [6.45, 7) is 8.16. The topological polar surface area (TPSA) is 81.8 Å². The van der Waals surface area contributed by atoms with Gasteiger partial charge in [0.1, 0.15) is 0 Å². The lowest BCUT2D eigenvalue weighted by Gasteiger charge is -2.63. The van der Waals surface area contributed by atoms with Crippen molar-refractivity contribution in [3.05, 3.63) is 23.3 Å². The maximum atomic E-state index is 10.9. The van der Waals surface area contributed by atoms with E-state index in [1.165, 1.54) is 44.1 Å². The van der Waals surface area contributed by atoms with Crippen molar-refractivity contribution in [2.24, 2.45) is 34.3 Å². The van der Waals surface area contributed by atoms with Crippen LogP contribution in [-0.2, 0) is 14.3 Å². The molecule has 1 heterocycles. The van der Waals surface area contributed by atoms with Gasteiger partial charge in [-0.15, -0.1) is 0 Å². The van der Waals surface area contributed by atoms with Gasteiger partial charge in [-0.2, -0.15) is 0 Å². The molecular formula is C31H49NO4. The molecule has 0 bridgehead atoms. The predicted molar refractivity (Wildman–Crippen MR) is 142 cm³/mol. The van der Waals surface area contributed by atoms with Crippen molar-refractivity contribution in [1.82, 2.24) is 0 Å². The molecule has 36 heavy (non-hydrogen) atoms. The zero-order valence-electron chi connectivity index (χ0n) is 22.9. The highest BCUT2D eigenvalue weighted by atomic mass is 16.7. The molecule has 1 aliphatic heterocycles. The minimum absolute atomic E-state index is 0.00266. The molecular weight excluding hydrogens is 450 g/mol. The zero-order valence-corrected chi connectivity index (χ0v) is 22.9. The second kappa shape index (κ2) is 10.2. The Hall–Kier alpha value is -1.17. The molecule has 4 aliphatic carbocycles. The highest BCUT2D eigenvalue weighted by molar-refractivity contribution is 5.66. The number of carbonyl (C=O) groups is 1. The van der Waals surface area contributed by atoms with Gasteiger partial charge in [0.25, 0.3) is 0 Å². The minimum atomic E-state index is -0.696. The van der Waals surface area contributed by atoms with E-state index in [0.29, 0.717) is 17.8 Å². The van der Waals surface area contributed by atoms with E-state index in [2.05, 4.69) is 32.9 Å². The van der Waals surface area contributed by atoms with Gasteiger partial charge in [0.2, 0.25) is 0 Å². The Labute approximate surface area is 218 Å². The van der Waals surface area contributed by atoms with Gasteiger partial charge in [0.05, 0.1) is 6.10 Å². The molecule has 0 aromatic rings. The fourth-order valence-corrected chi connectivity index (χ4v) is 9.47. The van der Waals surface area contributed by atoms with Gasteiger partial charge in [-0.25, -0.2) is 0 Å². The van der Waals surface area contributed by atoms with E-state index in [9.17, 15) is 4.79 Å². The monoisotopic (exact) mass is 499 g/mol. The van der Waals surface area contributed by atoms with Gasteiger partial charge in [-0.05, 0) is 119 Å². The van der Waals surface area contributed by atoms with E-state index in [4.69, 9.17) is 20.3 Å². The van der Waals surface area contributed by atoms with Crippen molar-refractivity contribution in [1.29, 1.82) is 0 Å². The molecule has 3 N–H and O–H groups in total. The molecule has 8 atom stereocenters. The lowest BCUT2D eigenvalue weighted by molar-refractivity contribution is -0.195. The Kier molecular flexibility index (Phi) is 7.48. The third kappa shape index (κ3) is 4.62. The van der Waals surface area contributed by atoms with Crippen LogP contribution in [0.15, 0.2) is 23.3 Å². The van der Waals surface area contributed by atoms with Crippen LogP contribution in [0.3, 0.4) is 0 Å². The van der Waals surface area contributed by atoms with Gasteiger partial charge in [-0.3, -0.25) is 4.79 Å². The summed E-state index contributed by atoms with van der Waals surface area (Å²) in [5, 5.41) is 8.96. The summed E-state index contributed by atoms with van der Waals surface area (Å²) in [6.07, 6.45) is 19.7. The molecule has 0 amide bonds. The van der Waals surface area contributed by atoms with Crippen LogP contribution in [0.4, 0.5) is 0 Å². The van der Waals surface area contributed by atoms with E-state index >= 15 is 0 Å². The molecule has 5 heteroatoms. The summed E-state index contributed by atoms with van der Waals surface area (Å²) in [7, 11) is 0. The van der Waals surface area contributed by atoms with Crippen molar-refractivity contribution >= 4 is 5.97 Å². The van der Waals surface area contributed by atoms with Crippen molar-refractivity contribution in [3.8, 4) is 0 Å². The molecule has 5 nitrogen and oxygen atoms in total. The molecule has 5 aliphatic rings. The van der Waals surface area contributed by atoms with E-state index in [-0.39, 0.29) is 35.2 Å². The van der Waals surface area contributed by atoms with Crippen molar-refractivity contribution in [2.45, 2.75) is 129 Å². The molecule has 0 spiro atoms. The van der Waals surface area contributed by atoms with Crippen LogP contribution in [-0.4, -0.2) is 35.6 Å². The quantitative estimate of drug-likeness (QED) is 0.299. The Morgan fingerprint density at radius 3 is 2.75 bits per heavy atom. The molecule has 0 radical (unpaired) electrons. The summed E-state index contributed by atoms with van der Waals surface area (Å²) in [6, 6.07) is 0. The summed E-state index contributed by atoms with van der Waals surface area (Å²) in [5.41, 5.74) is 10.9. The van der Waals surface area contributed by atoms with E-state index in [0.717, 1.165) is 51.6 Å². The number of rotatable bonds is 7. The van der Waals surface area contributed by atoms with Crippen LogP contribution in [0.5, 0.6) is 0 Å². The first kappa shape index (κ1) is 26.4. The molecule has 0 aromatic carbocycles. The Bertz CT molecular complexity index is 891. The average Bonchev–Trinajstić information content (AvgIpc) is 3.21. The van der Waals surface area contributed by atoms with Crippen molar-refractivity contribution < 1.29 is 19.4 Å². The highest BCUT2D eigenvalue weighted by Gasteiger charge is 2.64. The van der Waals surface area contributed by atoms with E-state index in [1.54, 1.807) is 5.57 Å². The Morgan fingerprint density at radius 1 is 1.17 bits per heavy atom. The van der Waals surface area contributed by atoms with Crippen LogP contribution in [0.2, 0.25) is 0 Å². The van der Waals surface area contributed by atoms with Crippen LogP contribution < -0.4 is 5.73 Å². The number of nitrogens with two attached hydrogens (primary N) is 1. The van der Waals surface area contributed by atoms with Gasteiger partial charge in [0, 0.05) is 18.6 Å².